The lowest BCUT2D eigenvalue weighted by Gasteiger charge is -2.63. The fraction of sp³-hybridized carbons (Fsp3) is 0.433. The lowest BCUT2D eigenvalue weighted by atomic mass is 9.59. The summed E-state index contributed by atoms with van der Waals surface area (Å²) in [6.45, 7) is 15.8. The predicted molar refractivity (Wildman–Crippen MR) is 301 cm³/mol. The molecule has 0 bridgehead atoms. The third-order valence-electron chi connectivity index (χ3n) is 16.9. The van der Waals surface area contributed by atoms with Crippen molar-refractivity contribution < 1.29 is 41.8 Å². The van der Waals surface area contributed by atoms with Crippen LogP contribution < -0.4 is 29.1 Å². The molecule has 5 aliphatic rings. The first-order chi connectivity index (χ1) is 37.6. The van der Waals surface area contributed by atoms with Gasteiger partial charge in [0.25, 0.3) is 21.6 Å². The number of halogens is 1. The first-order valence-corrected chi connectivity index (χ1v) is 28.8. The molecule has 2 aromatic heterocycles. The van der Waals surface area contributed by atoms with Crippen LogP contribution in [0.4, 0.5) is 21.5 Å². The first kappa shape index (κ1) is 53.9. The summed E-state index contributed by atoms with van der Waals surface area (Å²) in [6.07, 6.45) is 11.5. The van der Waals surface area contributed by atoms with E-state index >= 15 is 0 Å². The van der Waals surface area contributed by atoms with Gasteiger partial charge in [-0.2, -0.15) is 0 Å². The second-order valence-electron chi connectivity index (χ2n) is 23.6. The van der Waals surface area contributed by atoms with Crippen molar-refractivity contribution >= 4 is 50.1 Å². The summed E-state index contributed by atoms with van der Waals surface area (Å²) in [6, 6.07) is 23.6. The van der Waals surface area contributed by atoms with Crippen molar-refractivity contribution in [2.75, 3.05) is 56.6 Å². The van der Waals surface area contributed by atoms with E-state index in [1.54, 1.807) is 26.2 Å². The monoisotopic (exact) mass is 1100 g/mol. The maximum atomic E-state index is 14.8. The number of carbonyl (C=O) groups is 1. The number of nitrogens with one attached hydrogen (secondary N) is 3. The molecule has 1 amide bonds. The molecule has 17 nitrogen and oxygen atoms in total. The number of aromatic amines is 1. The number of amides is 1. The van der Waals surface area contributed by atoms with Gasteiger partial charge in [0.1, 0.15) is 34.3 Å². The number of piperazine rings is 1. The predicted octanol–water partition coefficient (Wildman–Crippen LogP) is 10.7. The maximum absolute atomic E-state index is 14.8. The molecule has 4 fully saturated rings. The first-order valence-electron chi connectivity index (χ1n) is 27.3. The largest absolute Gasteiger partial charge is 0.493 e. The highest BCUT2D eigenvalue weighted by Crippen LogP contribution is 2.54. The highest BCUT2D eigenvalue weighted by Gasteiger charge is 2.55. The Kier molecular flexibility index (Phi) is 14.2. The molecule has 2 saturated carbocycles. The zero-order valence-corrected chi connectivity index (χ0v) is 46.4. The topological polar surface area (TPSA) is 205 Å². The van der Waals surface area contributed by atoms with Crippen LogP contribution in [0.5, 0.6) is 23.0 Å². The number of ether oxygens (including phenoxy) is 3. The van der Waals surface area contributed by atoms with E-state index in [2.05, 4.69) is 97.1 Å². The van der Waals surface area contributed by atoms with Crippen molar-refractivity contribution in [3.05, 3.63) is 141 Å². The van der Waals surface area contributed by atoms with Crippen molar-refractivity contribution in [1.29, 1.82) is 0 Å². The summed E-state index contributed by atoms with van der Waals surface area (Å²) >= 11 is 0. The molecule has 2 aliphatic carbocycles. The fourth-order valence-electron chi connectivity index (χ4n) is 12.5. The van der Waals surface area contributed by atoms with E-state index in [0.29, 0.717) is 37.0 Å². The molecule has 6 aromatic rings. The third-order valence-corrected chi connectivity index (χ3v) is 18.2. The molecule has 2 saturated heterocycles. The quantitative estimate of drug-likeness (QED) is 0.0526. The Morgan fingerprint density at radius 1 is 1.01 bits per heavy atom. The summed E-state index contributed by atoms with van der Waals surface area (Å²) < 4.78 is 63.1. The number of sulfonamides is 1. The van der Waals surface area contributed by atoms with E-state index in [4.69, 9.17) is 14.2 Å². The number of nitro groups is 1. The van der Waals surface area contributed by atoms with Gasteiger partial charge in [-0.25, -0.2) is 22.5 Å². The van der Waals surface area contributed by atoms with Crippen molar-refractivity contribution in [2.24, 2.45) is 11.3 Å². The average Bonchev–Trinajstić information content (AvgIpc) is 3.78. The molecule has 416 valence electrons. The van der Waals surface area contributed by atoms with E-state index in [1.807, 2.05) is 13.8 Å². The lowest BCUT2D eigenvalue weighted by Crippen LogP contribution is -2.68. The molecule has 3 aliphatic heterocycles. The van der Waals surface area contributed by atoms with Crippen LogP contribution in [0.2, 0.25) is 0 Å². The Bertz CT molecular complexity index is 3470. The van der Waals surface area contributed by atoms with Crippen molar-refractivity contribution in [2.45, 2.75) is 114 Å². The number of H-pyrrole nitrogens is 1. The third kappa shape index (κ3) is 11.1. The summed E-state index contributed by atoms with van der Waals surface area (Å²) in [5.41, 5.74) is 4.45. The standard InChI is InChI=1S/C60H69FN8O9S/c1-37(2)45-9-7-8-10-46(45)52-34-66(33-39-23-40-17-18-58(3,4)78-55(40)54(24-39)76-6)21-22-68(52)42-28-60(29-42)35-67(36-60)41-11-13-47(53(25-41)77-43-26-48-49(61)32-64-56(48)63-31-43)57(70)65-79(74,75)44-12-14-50(51(27-44)69(72)73)62-30-38-15-19-59(5,71)20-16-38/h7-14,17-18,23-27,31-32,37-38,42,52,62,71H,15-16,19-22,28-30,33-36H2,1-6H3,(H,63,64)(H,65,70)/t38?,52-,59?/m0/s1. The van der Waals surface area contributed by atoms with Crippen LogP contribution in [0.1, 0.15) is 118 Å². The Labute approximate surface area is 460 Å². The Hall–Kier alpha value is -7.06. The minimum absolute atomic E-state index is 0.0107. The van der Waals surface area contributed by atoms with E-state index in [9.17, 15) is 32.8 Å². The minimum atomic E-state index is -4.66. The Balaban J connectivity index is 0.795. The summed E-state index contributed by atoms with van der Waals surface area (Å²) in [5, 5.41) is 25.9. The summed E-state index contributed by atoms with van der Waals surface area (Å²) in [4.78, 5) is 39.8. The highest BCUT2D eigenvalue weighted by atomic mass is 32.2. The van der Waals surface area contributed by atoms with Gasteiger partial charge in [-0.3, -0.25) is 24.7 Å². The normalized spacial score (nSPS) is 22.0. The number of pyridine rings is 1. The molecule has 1 atom stereocenters. The zero-order chi connectivity index (χ0) is 55.6. The molecule has 0 radical (unpaired) electrons. The van der Waals surface area contributed by atoms with Crippen LogP contribution in [0.3, 0.4) is 0 Å². The van der Waals surface area contributed by atoms with Crippen LogP contribution in [-0.4, -0.2) is 108 Å². The number of rotatable bonds is 16. The van der Waals surface area contributed by atoms with Gasteiger partial charge >= 0.3 is 0 Å². The number of nitrogens with zero attached hydrogens (tertiary/aromatic N) is 5. The molecular formula is C60H69FN8O9S. The van der Waals surface area contributed by atoms with Crippen LogP contribution in [-0.2, 0) is 16.6 Å². The van der Waals surface area contributed by atoms with Crippen molar-refractivity contribution in [1.82, 2.24) is 24.5 Å². The fourth-order valence-corrected chi connectivity index (χ4v) is 13.5. The molecule has 4 aromatic carbocycles. The van der Waals surface area contributed by atoms with Gasteiger partial charge in [0.15, 0.2) is 11.5 Å². The van der Waals surface area contributed by atoms with E-state index in [0.717, 1.165) is 93.8 Å². The molecule has 11 rings (SSSR count). The molecule has 19 heteroatoms. The van der Waals surface area contributed by atoms with Gasteiger partial charge in [-0.05, 0) is 136 Å². The maximum Gasteiger partial charge on any atom is 0.293 e. The molecule has 79 heavy (non-hydrogen) atoms. The Morgan fingerprint density at radius 3 is 2.53 bits per heavy atom. The van der Waals surface area contributed by atoms with Gasteiger partial charge in [-0.1, -0.05) is 44.2 Å². The van der Waals surface area contributed by atoms with Gasteiger partial charge in [0.2, 0.25) is 0 Å². The average molecular weight is 1100 g/mol. The number of benzene rings is 4. The SMILES string of the molecule is COc1cc(CN2CCN(C3CC4(C3)CN(c3ccc(C(=O)NS(=O)(=O)c5ccc(NCC6CCC(C)(O)CC6)c([N+](=O)[O-])c5)c(Oc5cnc6[nH]cc(F)c6c5)c3)C4)[C@H](c3ccccc3C(C)C)C2)cc2c1OC(C)(C)C=C2. The number of fused-ring (bicyclic) bond motifs is 2. The number of methoxy groups -OCH3 is 1. The highest BCUT2D eigenvalue weighted by molar-refractivity contribution is 7.90. The second kappa shape index (κ2) is 20.9. The number of nitro benzene ring substituents is 1. The smallest absolute Gasteiger partial charge is 0.293 e. The molecule has 0 unspecified atom stereocenters. The summed E-state index contributed by atoms with van der Waals surface area (Å²) in [5.74, 6) is 0.596. The number of aromatic nitrogens is 2. The zero-order valence-electron chi connectivity index (χ0n) is 45.6. The number of carbonyl (C=O) groups excluding carboxylic acids is 1. The molecule has 1 spiro atoms. The minimum Gasteiger partial charge on any atom is -0.493 e. The van der Waals surface area contributed by atoms with Crippen LogP contribution in [0.15, 0.2) is 102 Å². The van der Waals surface area contributed by atoms with E-state index in [1.165, 1.54) is 53.3 Å². The molecule has 4 N–H and O–H groups in total. The van der Waals surface area contributed by atoms with Gasteiger partial charge in [0, 0.05) is 92.9 Å². The second-order valence-corrected chi connectivity index (χ2v) is 25.3. The Morgan fingerprint density at radius 2 is 1.78 bits per heavy atom. The number of anilines is 2. The van der Waals surface area contributed by atoms with E-state index in [-0.39, 0.29) is 45.5 Å². The number of aliphatic hydroxyl groups is 1. The summed E-state index contributed by atoms with van der Waals surface area (Å²) in [7, 11) is -2.96. The van der Waals surface area contributed by atoms with Crippen molar-refractivity contribution in [3.8, 4) is 23.0 Å². The van der Waals surface area contributed by atoms with Gasteiger partial charge < -0.3 is 34.5 Å². The lowest BCUT2D eigenvalue weighted by molar-refractivity contribution is -0.384. The molecule has 5 heterocycles. The van der Waals surface area contributed by atoms with Gasteiger partial charge in [0.05, 0.1) is 39.7 Å². The van der Waals surface area contributed by atoms with Crippen molar-refractivity contribution in [3.63, 3.8) is 0 Å². The van der Waals surface area contributed by atoms with Crippen LogP contribution in [0, 0.1) is 27.3 Å². The number of hydrogen-bond donors (Lipinski definition) is 4. The molecular weight excluding hydrogens is 1030 g/mol. The van der Waals surface area contributed by atoms with Crippen LogP contribution >= 0.6 is 0 Å². The van der Waals surface area contributed by atoms with Gasteiger partial charge in [-0.15, -0.1) is 0 Å². The number of hydrogen-bond acceptors (Lipinski definition) is 14. The van der Waals surface area contributed by atoms with E-state index < -0.39 is 48.5 Å². The van der Waals surface area contributed by atoms with Crippen LogP contribution in [0.25, 0.3) is 17.1 Å².